The van der Waals surface area contributed by atoms with Gasteiger partial charge >= 0.3 is 0 Å². The lowest BCUT2D eigenvalue weighted by Gasteiger charge is -2.21. The molecule has 1 atom stereocenters. The van der Waals surface area contributed by atoms with Crippen LogP contribution in [0.25, 0.3) is 0 Å². The Balaban J connectivity index is 1.64. The number of likely N-dealkylation sites (N-methyl/N-ethyl adjacent to an activating group) is 1. The first-order valence-corrected chi connectivity index (χ1v) is 10.3. The number of halogens is 2. The van der Waals surface area contributed by atoms with Gasteiger partial charge in [-0.25, -0.2) is 0 Å². The van der Waals surface area contributed by atoms with Crippen LogP contribution in [0.1, 0.15) is 17.5 Å². The molecule has 0 aliphatic carbocycles. The molecule has 1 fully saturated rings. The topological polar surface area (TPSA) is 69.7 Å². The molecular formula is C22H23Cl2N3O3. The average molecular weight is 448 g/mol. The summed E-state index contributed by atoms with van der Waals surface area (Å²) in [5.41, 5.74) is 3.31. The van der Waals surface area contributed by atoms with Crippen molar-refractivity contribution in [3.05, 3.63) is 57.6 Å². The first kappa shape index (κ1) is 22.1. The summed E-state index contributed by atoms with van der Waals surface area (Å²) in [6.45, 7) is 4.24. The highest BCUT2D eigenvalue weighted by molar-refractivity contribution is 6.39. The minimum absolute atomic E-state index is 0.214. The van der Waals surface area contributed by atoms with Gasteiger partial charge in [0, 0.05) is 19.3 Å². The van der Waals surface area contributed by atoms with Gasteiger partial charge in [0.1, 0.15) is 5.92 Å². The van der Waals surface area contributed by atoms with Crippen LogP contribution in [0.5, 0.6) is 0 Å². The number of amides is 3. The summed E-state index contributed by atoms with van der Waals surface area (Å²) < 4.78 is 0. The maximum atomic E-state index is 12.9. The summed E-state index contributed by atoms with van der Waals surface area (Å²) in [5.74, 6) is -1.87. The van der Waals surface area contributed by atoms with Crippen molar-refractivity contribution < 1.29 is 14.4 Å². The first-order chi connectivity index (χ1) is 14.2. The second-order valence-electron chi connectivity index (χ2n) is 7.44. The third-order valence-corrected chi connectivity index (χ3v) is 5.92. The van der Waals surface area contributed by atoms with Gasteiger partial charge in [-0.2, -0.15) is 0 Å². The van der Waals surface area contributed by atoms with E-state index in [4.69, 9.17) is 23.2 Å². The SMILES string of the molecule is Cc1ccc(N2CCC(C(=O)N(C)CC(=O)Nc3c(Cl)cccc3Cl)C2=O)cc1C. The molecule has 1 N–H and O–H groups in total. The van der Waals surface area contributed by atoms with Crippen molar-refractivity contribution in [2.45, 2.75) is 20.3 Å². The van der Waals surface area contributed by atoms with E-state index in [1.807, 2.05) is 32.0 Å². The number of hydrogen-bond acceptors (Lipinski definition) is 3. The summed E-state index contributed by atoms with van der Waals surface area (Å²) in [5, 5.41) is 3.23. The minimum atomic E-state index is -0.798. The van der Waals surface area contributed by atoms with Crippen molar-refractivity contribution in [1.82, 2.24) is 4.90 Å². The molecule has 0 radical (unpaired) electrons. The molecule has 6 nitrogen and oxygen atoms in total. The van der Waals surface area contributed by atoms with Crippen molar-refractivity contribution >= 4 is 52.3 Å². The van der Waals surface area contributed by atoms with E-state index < -0.39 is 11.8 Å². The molecule has 8 heteroatoms. The van der Waals surface area contributed by atoms with Crippen LogP contribution < -0.4 is 10.2 Å². The summed E-state index contributed by atoms with van der Waals surface area (Å²) in [4.78, 5) is 40.9. The third kappa shape index (κ3) is 4.60. The molecule has 1 aliphatic heterocycles. The molecule has 1 heterocycles. The number of carbonyl (C=O) groups excluding carboxylic acids is 3. The maximum Gasteiger partial charge on any atom is 0.244 e. The molecule has 2 aromatic carbocycles. The highest BCUT2D eigenvalue weighted by Gasteiger charge is 2.39. The molecule has 1 aliphatic rings. The zero-order valence-electron chi connectivity index (χ0n) is 17.0. The number of benzene rings is 2. The Morgan fingerprint density at radius 2 is 1.80 bits per heavy atom. The molecular weight excluding hydrogens is 425 g/mol. The van der Waals surface area contributed by atoms with Crippen molar-refractivity contribution in [3.8, 4) is 0 Å². The number of nitrogens with zero attached hydrogens (tertiary/aromatic N) is 2. The van der Waals surface area contributed by atoms with Gasteiger partial charge < -0.3 is 15.1 Å². The number of hydrogen-bond donors (Lipinski definition) is 1. The summed E-state index contributed by atoms with van der Waals surface area (Å²) in [6, 6.07) is 10.7. The Bertz CT molecular complexity index is 989. The van der Waals surface area contributed by atoms with Crippen molar-refractivity contribution in [2.24, 2.45) is 5.92 Å². The van der Waals surface area contributed by atoms with Gasteiger partial charge in [-0.15, -0.1) is 0 Å². The van der Waals surface area contributed by atoms with Crippen LogP contribution in [-0.4, -0.2) is 42.8 Å². The van der Waals surface area contributed by atoms with Crippen LogP contribution in [0.3, 0.4) is 0 Å². The molecule has 2 aromatic rings. The number of rotatable bonds is 5. The molecule has 3 amide bonds. The average Bonchev–Trinajstić information content (AvgIpc) is 3.07. The molecule has 0 spiro atoms. The molecule has 158 valence electrons. The van der Waals surface area contributed by atoms with Gasteiger partial charge in [0.2, 0.25) is 17.7 Å². The number of anilines is 2. The minimum Gasteiger partial charge on any atom is -0.336 e. The largest absolute Gasteiger partial charge is 0.336 e. The van der Waals surface area contributed by atoms with Crippen molar-refractivity contribution in [1.29, 1.82) is 0 Å². The van der Waals surface area contributed by atoms with Crippen LogP contribution >= 0.6 is 23.2 Å². The van der Waals surface area contributed by atoms with Gasteiger partial charge in [-0.1, -0.05) is 35.3 Å². The highest BCUT2D eigenvalue weighted by Crippen LogP contribution is 2.30. The maximum absolute atomic E-state index is 12.9. The van der Waals surface area contributed by atoms with E-state index in [-0.39, 0.29) is 18.4 Å². The second-order valence-corrected chi connectivity index (χ2v) is 8.25. The number of carbonyl (C=O) groups is 3. The second kappa shape index (κ2) is 9.06. The summed E-state index contributed by atoms with van der Waals surface area (Å²) in [7, 11) is 1.50. The molecule has 0 saturated carbocycles. The van der Waals surface area contributed by atoms with Crippen LogP contribution in [0.15, 0.2) is 36.4 Å². The summed E-state index contributed by atoms with van der Waals surface area (Å²) in [6.07, 6.45) is 0.410. The monoisotopic (exact) mass is 447 g/mol. The zero-order valence-corrected chi connectivity index (χ0v) is 18.5. The Morgan fingerprint density at radius 3 is 2.43 bits per heavy atom. The zero-order chi connectivity index (χ0) is 22.0. The Hall–Kier alpha value is -2.57. The third-order valence-electron chi connectivity index (χ3n) is 5.29. The van der Waals surface area contributed by atoms with Gasteiger partial charge in [0.05, 0.1) is 22.3 Å². The van der Waals surface area contributed by atoms with Crippen molar-refractivity contribution in [2.75, 3.05) is 30.4 Å². The predicted molar refractivity (Wildman–Crippen MR) is 119 cm³/mol. The standard InChI is InChI=1S/C22H23Cl2N3O3/c1-13-7-8-15(11-14(13)2)27-10-9-16(22(27)30)21(29)26(3)12-19(28)25-20-17(23)5-4-6-18(20)24/h4-8,11,16H,9-10,12H2,1-3H3,(H,25,28). The molecule has 3 rings (SSSR count). The lowest BCUT2D eigenvalue weighted by molar-refractivity contribution is -0.140. The Morgan fingerprint density at radius 1 is 1.13 bits per heavy atom. The van der Waals surface area contributed by atoms with Crippen LogP contribution in [-0.2, 0) is 14.4 Å². The van der Waals surface area contributed by atoms with E-state index in [0.29, 0.717) is 28.7 Å². The molecule has 1 saturated heterocycles. The van der Waals surface area contributed by atoms with Gasteiger partial charge in [0.25, 0.3) is 0 Å². The number of aryl methyl sites for hydroxylation is 2. The normalized spacial score (nSPS) is 16.0. The first-order valence-electron chi connectivity index (χ1n) is 9.56. The smallest absolute Gasteiger partial charge is 0.244 e. The van der Waals surface area contributed by atoms with E-state index in [9.17, 15) is 14.4 Å². The fraction of sp³-hybridized carbons (Fsp3) is 0.318. The lowest BCUT2D eigenvalue weighted by Crippen LogP contribution is -2.41. The quantitative estimate of drug-likeness (QED) is 0.702. The van der Waals surface area contributed by atoms with E-state index in [1.54, 1.807) is 23.1 Å². The fourth-order valence-corrected chi connectivity index (χ4v) is 3.91. The Labute approximate surface area is 185 Å². The number of nitrogens with one attached hydrogen (secondary N) is 1. The van der Waals surface area contributed by atoms with E-state index in [0.717, 1.165) is 16.8 Å². The van der Waals surface area contributed by atoms with E-state index >= 15 is 0 Å². The molecule has 0 bridgehead atoms. The van der Waals surface area contributed by atoms with Gasteiger partial charge in [-0.05, 0) is 55.7 Å². The van der Waals surface area contributed by atoms with Gasteiger partial charge in [0.15, 0.2) is 0 Å². The number of para-hydroxylation sites is 1. The van der Waals surface area contributed by atoms with E-state index in [1.165, 1.54) is 11.9 Å². The van der Waals surface area contributed by atoms with Crippen LogP contribution in [0, 0.1) is 19.8 Å². The van der Waals surface area contributed by atoms with Crippen molar-refractivity contribution in [3.63, 3.8) is 0 Å². The fourth-order valence-electron chi connectivity index (χ4n) is 3.41. The predicted octanol–water partition coefficient (Wildman–Crippen LogP) is 4.06. The Kier molecular flexibility index (Phi) is 6.68. The van der Waals surface area contributed by atoms with Crippen LogP contribution in [0.4, 0.5) is 11.4 Å². The molecule has 30 heavy (non-hydrogen) atoms. The molecule has 1 unspecified atom stereocenters. The lowest BCUT2D eigenvalue weighted by atomic mass is 10.1. The van der Waals surface area contributed by atoms with E-state index in [2.05, 4.69) is 5.32 Å². The van der Waals surface area contributed by atoms with Gasteiger partial charge in [-0.3, -0.25) is 14.4 Å². The van der Waals surface area contributed by atoms with Crippen LogP contribution in [0.2, 0.25) is 10.0 Å². The molecule has 0 aromatic heterocycles. The highest BCUT2D eigenvalue weighted by atomic mass is 35.5. The summed E-state index contributed by atoms with van der Waals surface area (Å²) >= 11 is 12.1.